The monoisotopic (exact) mass is 304 g/mol. The van der Waals surface area contributed by atoms with Gasteiger partial charge in [0.25, 0.3) is 10.2 Å². The summed E-state index contributed by atoms with van der Waals surface area (Å²) in [6.45, 7) is 1.58. The molecule has 108 valence electrons. The maximum atomic E-state index is 12.1. The molecule has 7 heteroatoms. The van der Waals surface area contributed by atoms with E-state index >= 15 is 0 Å². The molecule has 0 aromatic carbocycles. The summed E-state index contributed by atoms with van der Waals surface area (Å²) in [5.74, 6) is 0.248. The van der Waals surface area contributed by atoms with Crippen LogP contribution in [0.4, 0.5) is 0 Å². The van der Waals surface area contributed by atoms with Gasteiger partial charge in [-0.15, -0.1) is 11.3 Å². The Hall–Kier alpha value is -0.470. The Labute approximate surface area is 118 Å². The first kappa shape index (κ1) is 14.9. The van der Waals surface area contributed by atoms with E-state index in [-0.39, 0.29) is 12.5 Å². The predicted molar refractivity (Wildman–Crippen MR) is 76.3 cm³/mol. The Balaban J connectivity index is 1.78. The van der Waals surface area contributed by atoms with E-state index in [0.29, 0.717) is 19.6 Å². The van der Waals surface area contributed by atoms with Crippen molar-refractivity contribution in [2.24, 2.45) is 5.92 Å². The summed E-state index contributed by atoms with van der Waals surface area (Å²) < 4.78 is 28.3. The summed E-state index contributed by atoms with van der Waals surface area (Å²) in [5.41, 5.74) is 0. The molecule has 19 heavy (non-hydrogen) atoms. The number of piperidine rings is 1. The summed E-state index contributed by atoms with van der Waals surface area (Å²) in [5, 5.41) is 11.0. The molecular weight excluding hydrogens is 284 g/mol. The number of thiophene rings is 1. The fraction of sp³-hybridized carbons (Fsp3) is 0.667. The summed E-state index contributed by atoms with van der Waals surface area (Å²) >= 11 is 1.64. The van der Waals surface area contributed by atoms with Crippen LogP contribution in [-0.4, -0.2) is 44.1 Å². The molecule has 0 saturated carbocycles. The van der Waals surface area contributed by atoms with E-state index in [0.717, 1.165) is 19.3 Å². The van der Waals surface area contributed by atoms with Gasteiger partial charge in [0.05, 0.1) is 0 Å². The lowest BCUT2D eigenvalue weighted by atomic mass is 10.00. The van der Waals surface area contributed by atoms with E-state index < -0.39 is 10.2 Å². The number of aliphatic hydroxyl groups excluding tert-OH is 1. The average molecular weight is 304 g/mol. The van der Waals surface area contributed by atoms with E-state index in [9.17, 15) is 8.42 Å². The Bertz CT molecular complexity index is 465. The predicted octanol–water partition coefficient (Wildman–Crippen LogP) is 0.829. The molecule has 1 saturated heterocycles. The van der Waals surface area contributed by atoms with E-state index in [2.05, 4.69) is 4.72 Å². The maximum absolute atomic E-state index is 12.1. The second kappa shape index (κ2) is 6.81. The van der Waals surface area contributed by atoms with Crippen molar-refractivity contribution in [1.82, 2.24) is 9.03 Å². The van der Waals surface area contributed by atoms with Gasteiger partial charge in [-0.1, -0.05) is 6.07 Å². The molecule has 2 rings (SSSR count). The Morgan fingerprint density at radius 2 is 2.16 bits per heavy atom. The number of hydrogen-bond acceptors (Lipinski definition) is 4. The first-order valence-electron chi connectivity index (χ1n) is 6.50. The lowest BCUT2D eigenvalue weighted by molar-refractivity contribution is 0.169. The molecule has 0 aliphatic carbocycles. The van der Waals surface area contributed by atoms with Gasteiger partial charge in [-0.2, -0.15) is 12.7 Å². The molecule has 5 nitrogen and oxygen atoms in total. The summed E-state index contributed by atoms with van der Waals surface area (Å²) in [6, 6.07) is 3.97. The van der Waals surface area contributed by atoms with Gasteiger partial charge in [0.2, 0.25) is 0 Å². The summed E-state index contributed by atoms with van der Waals surface area (Å²) in [6.07, 6.45) is 2.20. The smallest absolute Gasteiger partial charge is 0.279 e. The van der Waals surface area contributed by atoms with Crippen LogP contribution in [0.3, 0.4) is 0 Å². The molecule has 2 N–H and O–H groups in total. The zero-order chi connectivity index (χ0) is 13.7. The molecule has 0 atom stereocenters. The third-order valence-corrected chi connectivity index (χ3v) is 5.96. The minimum absolute atomic E-state index is 0.152. The highest BCUT2D eigenvalue weighted by Crippen LogP contribution is 2.18. The fourth-order valence-corrected chi connectivity index (χ4v) is 4.12. The number of nitrogens with one attached hydrogen (secondary N) is 1. The second-order valence-electron chi connectivity index (χ2n) is 4.75. The van der Waals surface area contributed by atoms with Gasteiger partial charge in [0, 0.05) is 31.1 Å². The number of aliphatic hydroxyl groups is 1. The van der Waals surface area contributed by atoms with Gasteiger partial charge in [0.1, 0.15) is 0 Å². The molecule has 1 fully saturated rings. The number of nitrogens with zero attached hydrogens (tertiary/aromatic N) is 1. The second-order valence-corrected chi connectivity index (χ2v) is 7.54. The van der Waals surface area contributed by atoms with Crippen molar-refractivity contribution < 1.29 is 13.5 Å². The molecule has 1 aromatic rings. The largest absolute Gasteiger partial charge is 0.396 e. The van der Waals surface area contributed by atoms with Crippen LogP contribution in [0.1, 0.15) is 17.7 Å². The van der Waals surface area contributed by atoms with Crippen LogP contribution in [0.5, 0.6) is 0 Å². The maximum Gasteiger partial charge on any atom is 0.279 e. The summed E-state index contributed by atoms with van der Waals surface area (Å²) in [7, 11) is -3.36. The van der Waals surface area contributed by atoms with Crippen LogP contribution in [0, 0.1) is 5.92 Å². The molecule has 0 unspecified atom stereocenters. The zero-order valence-electron chi connectivity index (χ0n) is 10.8. The van der Waals surface area contributed by atoms with Crippen molar-refractivity contribution >= 4 is 21.5 Å². The van der Waals surface area contributed by atoms with Crippen molar-refractivity contribution in [3.05, 3.63) is 22.4 Å². The third kappa shape index (κ3) is 4.25. The van der Waals surface area contributed by atoms with Crippen molar-refractivity contribution in [3.8, 4) is 0 Å². The lowest BCUT2D eigenvalue weighted by Gasteiger charge is -2.30. The molecule has 2 heterocycles. The molecular formula is C12H20N2O3S2. The third-order valence-electron chi connectivity index (χ3n) is 3.41. The highest BCUT2D eigenvalue weighted by molar-refractivity contribution is 7.87. The Morgan fingerprint density at radius 1 is 1.42 bits per heavy atom. The van der Waals surface area contributed by atoms with Crippen LogP contribution < -0.4 is 4.72 Å². The van der Waals surface area contributed by atoms with Gasteiger partial charge in [-0.25, -0.2) is 4.72 Å². The topological polar surface area (TPSA) is 69.6 Å². The van der Waals surface area contributed by atoms with Crippen molar-refractivity contribution in [3.63, 3.8) is 0 Å². The Morgan fingerprint density at radius 3 is 2.74 bits per heavy atom. The average Bonchev–Trinajstić information content (AvgIpc) is 2.92. The van der Waals surface area contributed by atoms with E-state index in [1.807, 2.05) is 17.5 Å². The van der Waals surface area contributed by atoms with Crippen LogP contribution in [0.2, 0.25) is 0 Å². The van der Waals surface area contributed by atoms with Crippen LogP contribution in [0.25, 0.3) is 0 Å². The first-order valence-corrected chi connectivity index (χ1v) is 8.82. The molecule has 1 aromatic heterocycles. The van der Waals surface area contributed by atoms with E-state index in [1.54, 1.807) is 11.3 Å². The Kier molecular flexibility index (Phi) is 5.35. The van der Waals surface area contributed by atoms with Crippen molar-refractivity contribution in [1.29, 1.82) is 0 Å². The van der Waals surface area contributed by atoms with Gasteiger partial charge >= 0.3 is 0 Å². The zero-order valence-corrected chi connectivity index (χ0v) is 12.4. The summed E-state index contributed by atoms with van der Waals surface area (Å²) in [4.78, 5) is 1.18. The first-order chi connectivity index (χ1) is 9.12. The molecule has 0 radical (unpaired) electrons. The fourth-order valence-electron chi connectivity index (χ4n) is 2.18. The van der Waals surface area contributed by atoms with Crippen LogP contribution in [0.15, 0.2) is 17.5 Å². The minimum atomic E-state index is -3.36. The minimum Gasteiger partial charge on any atom is -0.396 e. The normalized spacial score (nSPS) is 18.8. The lowest BCUT2D eigenvalue weighted by Crippen LogP contribution is -2.45. The number of hydrogen-bond donors (Lipinski definition) is 2. The van der Waals surface area contributed by atoms with Gasteiger partial charge in [-0.3, -0.25) is 0 Å². The SMILES string of the molecule is O=S(=O)(NCCc1cccs1)N1CCC(CO)CC1. The standard InChI is InChI=1S/C12H20N2O3S2/c15-10-11-4-7-14(8-5-11)19(16,17)13-6-3-12-2-1-9-18-12/h1-2,9,11,13,15H,3-8,10H2. The number of rotatable bonds is 6. The van der Waals surface area contributed by atoms with Crippen molar-refractivity contribution in [2.75, 3.05) is 26.2 Å². The molecule has 0 spiro atoms. The highest BCUT2D eigenvalue weighted by atomic mass is 32.2. The molecule has 1 aliphatic rings. The van der Waals surface area contributed by atoms with Gasteiger partial charge in [0.15, 0.2) is 0 Å². The molecule has 0 amide bonds. The quantitative estimate of drug-likeness (QED) is 0.818. The van der Waals surface area contributed by atoms with Gasteiger partial charge in [-0.05, 0) is 36.6 Å². The molecule has 0 bridgehead atoms. The molecule has 1 aliphatic heterocycles. The van der Waals surface area contributed by atoms with Crippen LogP contribution in [-0.2, 0) is 16.6 Å². The highest BCUT2D eigenvalue weighted by Gasteiger charge is 2.27. The van der Waals surface area contributed by atoms with Crippen LogP contribution >= 0.6 is 11.3 Å². The van der Waals surface area contributed by atoms with Gasteiger partial charge < -0.3 is 5.11 Å². The van der Waals surface area contributed by atoms with E-state index in [4.69, 9.17) is 5.11 Å². The van der Waals surface area contributed by atoms with E-state index in [1.165, 1.54) is 9.18 Å². The van der Waals surface area contributed by atoms with Crippen molar-refractivity contribution in [2.45, 2.75) is 19.3 Å².